The Hall–Kier alpha value is -2.67. The van der Waals surface area contributed by atoms with Gasteiger partial charge in [0.2, 0.25) is 0 Å². The summed E-state index contributed by atoms with van der Waals surface area (Å²) in [6.07, 6.45) is -6.53. The van der Waals surface area contributed by atoms with Crippen LogP contribution in [0.5, 0.6) is 0 Å². The van der Waals surface area contributed by atoms with Gasteiger partial charge in [0.15, 0.2) is 5.11 Å². The van der Waals surface area contributed by atoms with Gasteiger partial charge in [-0.15, -0.1) is 0 Å². The first-order valence-electron chi connectivity index (χ1n) is 8.64. The standard InChI is InChI=1S/C18H15F6N5S2/c1-10(11-6-12(17(19,20)21)8-13(7-11)18(22,23)24)27-16(30)28-15-3-2-14(9-25-15)29-26-4-5-31-29/h2-10,26H,1H3,(H2,25,27,28,30)/t10-/m0/s1. The predicted octanol–water partition coefficient (Wildman–Crippen LogP) is 5.61. The molecule has 2 aromatic rings. The van der Waals surface area contributed by atoms with Crippen molar-refractivity contribution >= 4 is 40.8 Å². The van der Waals surface area contributed by atoms with Crippen LogP contribution in [0.4, 0.5) is 37.8 Å². The molecule has 0 aliphatic carbocycles. The van der Waals surface area contributed by atoms with Gasteiger partial charge < -0.3 is 10.6 Å². The predicted molar refractivity (Wildman–Crippen MR) is 111 cm³/mol. The van der Waals surface area contributed by atoms with Crippen molar-refractivity contribution in [2.45, 2.75) is 25.3 Å². The van der Waals surface area contributed by atoms with E-state index >= 15 is 0 Å². The van der Waals surface area contributed by atoms with Crippen LogP contribution in [0, 0.1) is 0 Å². The van der Waals surface area contributed by atoms with Crippen LogP contribution >= 0.6 is 24.2 Å². The zero-order valence-corrected chi connectivity index (χ0v) is 17.3. The number of nitrogens with zero attached hydrogens (tertiary/aromatic N) is 2. The maximum absolute atomic E-state index is 13.0. The summed E-state index contributed by atoms with van der Waals surface area (Å²) in [5.74, 6) is 0.352. The molecule has 0 saturated carbocycles. The first-order valence-corrected chi connectivity index (χ1v) is 9.89. The van der Waals surface area contributed by atoms with Crippen LogP contribution in [0.3, 0.4) is 0 Å². The fraction of sp³-hybridized carbons (Fsp3) is 0.222. The van der Waals surface area contributed by atoms with Gasteiger partial charge in [-0.2, -0.15) is 26.3 Å². The minimum Gasteiger partial charge on any atom is -0.356 e. The highest BCUT2D eigenvalue weighted by atomic mass is 32.2. The lowest BCUT2D eigenvalue weighted by Crippen LogP contribution is -2.31. The molecule has 0 amide bonds. The van der Waals surface area contributed by atoms with Gasteiger partial charge in [0.25, 0.3) is 0 Å². The van der Waals surface area contributed by atoms with E-state index in [9.17, 15) is 26.3 Å². The van der Waals surface area contributed by atoms with Crippen molar-refractivity contribution in [1.29, 1.82) is 0 Å². The van der Waals surface area contributed by atoms with Gasteiger partial charge in [-0.05, 0) is 55.0 Å². The molecule has 166 valence electrons. The molecule has 1 aromatic carbocycles. The molecule has 0 spiro atoms. The van der Waals surface area contributed by atoms with Crippen LogP contribution in [-0.2, 0) is 12.4 Å². The highest BCUT2D eigenvalue weighted by molar-refractivity contribution is 8.03. The monoisotopic (exact) mass is 479 g/mol. The number of halogens is 6. The molecule has 1 aliphatic heterocycles. The van der Waals surface area contributed by atoms with E-state index in [0.29, 0.717) is 18.0 Å². The molecule has 1 aromatic heterocycles. The van der Waals surface area contributed by atoms with Crippen molar-refractivity contribution in [2.75, 3.05) is 9.73 Å². The van der Waals surface area contributed by atoms with E-state index in [0.717, 1.165) is 5.69 Å². The fourth-order valence-corrected chi connectivity index (χ4v) is 3.47. The molecule has 0 unspecified atom stereocenters. The number of thiocarbonyl (C=S) groups is 1. The van der Waals surface area contributed by atoms with E-state index in [1.165, 1.54) is 18.9 Å². The van der Waals surface area contributed by atoms with Crippen molar-refractivity contribution in [2.24, 2.45) is 0 Å². The van der Waals surface area contributed by atoms with Gasteiger partial charge in [-0.1, -0.05) is 0 Å². The first-order chi connectivity index (χ1) is 14.4. The summed E-state index contributed by atoms with van der Waals surface area (Å²) in [7, 11) is 0. The molecule has 5 nitrogen and oxygen atoms in total. The van der Waals surface area contributed by atoms with E-state index in [4.69, 9.17) is 12.2 Å². The molecule has 1 aliphatic rings. The number of nitrogens with one attached hydrogen (secondary N) is 3. The summed E-state index contributed by atoms with van der Waals surface area (Å²) in [5.41, 5.74) is 0.748. The molecule has 1 atom stereocenters. The lowest BCUT2D eigenvalue weighted by Gasteiger charge is -2.20. The Labute approximate surface area is 183 Å². The molecule has 0 radical (unpaired) electrons. The van der Waals surface area contributed by atoms with Crippen molar-refractivity contribution < 1.29 is 26.3 Å². The second-order valence-electron chi connectivity index (χ2n) is 6.39. The van der Waals surface area contributed by atoms with Gasteiger partial charge in [0, 0.05) is 23.6 Å². The quantitative estimate of drug-likeness (QED) is 0.299. The van der Waals surface area contributed by atoms with Gasteiger partial charge >= 0.3 is 12.4 Å². The van der Waals surface area contributed by atoms with Crippen LogP contribution < -0.4 is 20.5 Å². The summed E-state index contributed by atoms with van der Waals surface area (Å²) < 4.78 is 80.0. The summed E-state index contributed by atoms with van der Waals surface area (Å²) in [6, 6.07) is 3.85. The van der Waals surface area contributed by atoms with Gasteiger partial charge in [-0.25, -0.2) is 9.40 Å². The number of aromatic nitrogens is 1. The minimum absolute atomic E-state index is 0.00550. The zero-order chi connectivity index (χ0) is 22.8. The molecule has 2 heterocycles. The largest absolute Gasteiger partial charge is 0.416 e. The third-order valence-electron chi connectivity index (χ3n) is 4.11. The zero-order valence-electron chi connectivity index (χ0n) is 15.7. The van der Waals surface area contributed by atoms with E-state index in [-0.39, 0.29) is 16.7 Å². The molecule has 0 saturated heterocycles. The summed E-state index contributed by atoms with van der Waals surface area (Å²) in [4.78, 5) is 4.18. The summed E-state index contributed by atoms with van der Waals surface area (Å²) >= 11 is 6.53. The highest BCUT2D eigenvalue weighted by Crippen LogP contribution is 2.37. The molecule has 0 fully saturated rings. The highest BCUT2D eigenvalue weighted by Gasteiger charge is 2.37. The van der Waals surface area contributed by atoms with Crippen molar-refractivity contribution in [3.63, 3.8) is 0 Å². The maximum Gasteiger partial charge on any atom is 0.416 e. The SMILES string of the molecule is C[C@H](NC(=S)Nc1ccc(N2NC=CS2)cn1)c1cc(C(F)(F)F)cc(C(F)(F)F)c1. The molecular weight excluding hydrogens is 464 g/mol. The lowest BCUT2D eigenvalue weighted by atomic mass is 10.0. The Morgan fingerprint density at radius 1 is 1.10 bits per heavy atom. The Morgan fingerprint density at radius 2 is 1.74 bits per heavy atom. The number of pyridine rings is 1. The number of hydrazine groups is 1. The summed E-state index contributed by atoms with van der Waals surface area (Å²) in [5, 5.41) is 7.27. The first kappa shape index (κ1) is 23.0. The van der Waals surface area contributed by atoms with Crippen LogP contribution in [-0.4, -0.2) is 10.1 Å². The molecular formula is C18H15F6N5S2. The maximum atomic E-state index is 13.0. The normalized spacial score (nSPS) is 14.9. The third kappa shape index (κ3) is 5.94. The average Bonchev–Trinajstić information content (AvgIpc) is 3.21. The molecule has 3 N–H and O–H groups in total. The van der Waals surface area contributed by atoms with E-state index in [2.05, 4.69) is 21.0 Å². The minimum atomic E-state index is -4.92. The number of hydrogen-bond donors (Lipinski definition) is 3. The second kappa shape index (κ2) is 8.83. The van der Waals surface area contributed by atoms with E-state index in [1.54, 1.807) is 28.9 Å². The number of anilines is 2. The Morgan fingerprint density at radius 3 is 2.23 bits per heavy atom. The lowest BCUT2D eigenvalue weighted by molar-refractivity contribution is -0.143. The van der Waals surface area contributed by atoms with Crippen molar-refractivity contribution in [3.05, 3.63) is 64.8 Å². The van der Waals surface area contributed by atoms with Gasteiger partial charge in [0.1, 0.15) is 5.82 Å². The third-order valence-corrected chi connectivity index (χ3v) is 5.11. The fourth-order valence-electron chi connectivity index (χ4n) is 2.60. The van der Waals surface area contributed by atoms with Crippen LogP contribution in [0.15, 0.2) is 48.1 Å². The Balaban J connectivity index is 1.70. The molecule has 31 heavy (non-hydrogen) atoms. The van der Waals surface area contributed by atoms with E-state index in [1.807, 2.05) is 5.41 Å². The Kier molecular flexibility index (Phi) is 6.55. The summed E-state index contributed by atoms with van der Waals surface area (Å²) in [6.45, 7) is 1.41. The van der Waals surface area contributed by atoms with Crippen LogP contribution in [0.2, 0.25) is 0 Å². The average molecular weight is 479 g/mol. The van der Waals surface area contributed by atoms with Crippen molar-refractivity contribution in [1.82, 2.24) is 15.7 Å². The Bertz CT molecular complexity index is 935. The smallest absolute Gasteiger partial charge is 0.356 e. The molecule has 3 rings (SSSR count). The number of alkyl halides is 6. The molecule has 0 bridgehead atoms. The van der Waals surface area contributed by atoms with Gasteiger partial charge in [-0.3, -0.25) is 5.43 Å². The number of hydrogen-bond acceptors (Lipinski definition) is 5. The van der Waals surface area contributed by atoms with Gasteiger partial charge in [0.05, 0.1) is 29.1 Å². The second-order valence-corrected chi connectivity index (χ2v) is 7.65. The van der Waals surface area contributed by atoms with Crippen molar-refractivity contribution in [3.8, 4) is 0 Å². The molecule has 13 heteroatoms. The topological polar surface area (TPSA) is 52.2 Å². The number of rotatable bonds is 4. The number of benzene rings is 1. The van der Waals surface area contributed by atoms with E-state index < -0.39 is 29.5 Å². The van der Waals surface area contributed by atoms with Crippen LogP contribution in [0.25, 0.3) is 0 Å². The van der Waals surface area contributed by atoms with Crippen LogP contribution in [0.1, 0.15) is 29.7 Å².